The lowest BCUT2D eigenvalue weighted by molar-refractivity contribution is -0.309. The Balaban J connectivity index is 2.13. The summed E-state index contributed by atoms with van der Waals surface area (Å²) in [5.74, 6) is -0.433. The average Bonchev–Trinajstić information content (AvgIpc) is 2.99. The molecule has 2 heterocycles. The number of methoxy groups -OCH3 is 2. The van der Waals surface area contributed by atoms with Crippen LogP contribution in [0.3, 0.4) is 0 Å². The predicted molar refractivity (Wildman–Crippen MR) is 69.7 cm³/mol. The quantitative estimate of drug-likeness (QED) is 0.782. The van der Waals surface area contributed by atoms with Gasteiger partial charge in [0.1, 0.15) is 5.37 Å². The molecule has 106 valence electrons. The van der Waals surface area contributed by atoms with Crippen LogP contribution in [-0.4, -0.2) is 42.8 Å². The van der Waals surface area contributed by atoms with Crippen LogP contribution in [0.4, 0.5) is 0 Å². The standard InChI is InChI=1S/C13H13NO5S/c1-18-8-4-3-6-9(10(8)19-2)11(15)14-7(13(16)17)5-20-12(6)14/h3-4,7,12H,5H2,1-2H3,(H,16,17)/p-1/t7-,12-/m1/s1. The molecule has 0 aliphatic carbocycles. The Morgan fingerprint density at radius 3 is 2.75 bits per heavy atom. The lowest BCUT2D eigenvalue weighted by Crippen LogP contribution is -2.47. The molecule has 1 saturated heterocycles. The van der Waals surface area contributed by atoms with Gasteiger partial charge in [0.2, 0.25) is 0 Å². The van der Waals surface area contributed by atoms with Crippen LogP contribution < -0.4 is 14.6 Å². The van der Waals surface area contributed by atoms with E-state index >= 15 is 0 Å². The molecule has 2 aliphatic rings. The third-order valence-corrected chi connectivity index (χ3v) is 4.87. The lowest BCUT2D eigenvalue weighted by Gasteiger charge is -2.23. The van der Waals surface area contributed by atoms with E-state index in [0.29, 0.717) is 22.8 Å². The number of carboxylic acid groups (broad SMARTS) is 1. The van der Waals surface area contributed by atoms with Gasteiger partial charge in [0.15, 0.2) is 11.5 Å². The first-order valence-corrected chi connectivity index (χ1v) is 7.05. The minimum atomic E-state index is -1.23. The Bertz CT molecular complexity index is 603. The van der Waals surface area contributed by atoms with Crippen LogP contribution >= 0.6 is 11.8 Å². The summed E-state index contributed by atoms with van der Waals surface area (Å²) in [6, 6.07) is 2.60. The molecule has 0 radical (unpaired) electrons. The zero-order valence-corrected chi connectivity index (χ0v) is 11.7. The third kappa shape index (κ3) is 1.59. The molecule has 2 atom stereocenters. The van der Waals surface area contributed by atoms with Crippen LogP contribution in [0.1, 0.15) is 21.3 Å². The van der Waals surface area contributed by atoms with Crippen LogP contribution in [0.5, 0.6) is 11.5 Å². The van der Waals surface area contributed by atoms with Crippen LogP contribution in [0.15, 0.2) is 12.1 Å². The summed E-state index contributed by atoms with van der Waals surface area (Å²) in [5, 5.41) is 10.9. The molecule has 6 nitrogen and oxygen atoms in total. The van der Waals surface area contributed by atoms with Crippen molar-refractivity contribution >= 4 is 23.6 Å². The summed E-state index contributed by atoms with van der Waals surface area (Å²) in [7, 11) is 2.95. The molecular formula is C13H12NO5S-. The van der Waals surface area contributed by atoms with Crippen molar-refractivity contribution in [2.24, 2.45) is 0 Å². The van der Waals surface area contributed by atoms with Gasteiger partial charge in [-0.2, -0.15) is 0 Å². The summed E-state index contributed by atoms with van der Waals surface area (Å²) in [6.45, 7) is 0. The molecule has 1 fully saturated rings. The minimum Gasteiger partial charge on any atom is -0.548 e. The molecular weight excluding hydrogens is 282 g/mol. The van der Waals surface area contributed by atoms with Gasteiger partial charge in [0.05, 0.1) is 31.8 Å². The highest BCUT2D eigenvalue weighted by Crippen LogP contribution is 2.52. The maximum absolute atomic E-state index is 12.5. The van der Waals surface area contributed by atoms with Crippen LogP contribution in [0.2, 0.25) is 0 Å². The number of rotatable bonds is 3. The average molecular weight is 294 g/mol. The molecule has 1 aromatic rings. The van der Waals surface area contributed by atoms with E-state index in [1.165, 1.54) is 30.9 Å². The van der Waals surface area contributed by atoms with Crippen molar-refractivity contribution < 1.29 is 24.2 Å². The first kappa shape index (κ1) is 13.1. The number of benzene rings is 1. The van der Waals surface area contributed by atoms with Crippen molar-refractivity contribution in [3.05, 3.63) is 23.3 Å². The number of carboxylic acids is 1. The predicted octanol–water partition coefficient (Wildman–Crippen LogP) is 0.0235. The maximum Gasteiger partial charge on any atom is 0.259 e. The summed E-state index contributed by atoms with van der Waals surface area (Å²) in [6.07, 6.45) is 0. The second-order valence-electron chi connectivity index (χ2n) is 4.50. The molecule has 0 saturated carbocycles. The number of ether oxygens (including phenoxy) is 2. The van der Waals surface area contributed by atoms with E-state index < -0.39 is 12.0 Å². The number of hydrogen-bond acceptors (Lipinski definition) is 6. The summed E-state index contributed by atoms with van der Waals surface area (Å²) >= 11 is 1.42. The van der Waals surface area contributed by atoms with E-state index in [-0.39, 0.29) is 11.3 Å². The topological polar surface area (TPSA) is 78.9 Å². The highest BCUT2D eigenvalue weighted by atomic mass is 32.2. The Morgan fingerprint density at radius 2 is 2.15 bits per heavy atom. The van der Waals surface area contributed by atoms with Gasteiger partial charge >= 0.3 is 0 Å². The second kappa shape index (κ2) is 4.59. The lowest BCUT2D eigenvalue weighted by atomic mass is 10.1. The Morgan fingerprint density at radius 1 is 1.40 bits per heavy atom. The van der Waals surface area contributed by atoms with Gasteiger partial charge in [-0.25, -0.2) is 0 Å². The first-order valence-electron chi connectivity index (χ1n) is 6.00. The van der Waals surface area contributed by atoms with Gasteiger partial charge in [0, 0.05) is 11.3 Å². The number of hydrogen-bond donors (Lipinski definition) is 0. The fraction of sp³-hybridized carbons (Fsp3) is 0.385. The maximum atomic E-state index is 12.5. The third-order valence-electron chi connectivity index (χ3n) is 3.56. The Kier molecular flexibility index (Phi) is 3.01. The highest BCUT2D eigenvalue weighted by molar-refractivity contribution is 7.99. The van der Waals surface area contributed by atoms with Crippen LogP contribution in [0, 0.1) is 0 Å². The van der Waals surface area contributed by atoms with Gasteiger partial charge in [-0.3, -0.25) is 4.79 Å². The molecule has 2 aliphatic heterocycles. The molecule has 1 amide bonds. The highest BCUT2D eigenvalue weighted by Gasteiger charge is 2.48. The molecule has 7 heteroatoms. The largest absolute Gasteiger partial charge is 0.548 e. The SMILES string of the molecule is COc1ccc2c(c1OC)C(=O)N1[C@@H](C(=O)[O-])CS[C@H]21. The van der Waals surface area contributed by atoms with Crippen molar-refractivity contribution in [1.82, 2.24) is 4.90 Å². The number of amides is 1. The fourth-order valence-corrected chi connectivity index (χ4v) is 4.11. The summed E-state index contributed by atoms with van der Waals surface area (Å²) in [5.41, 5.74) is 1.15. The number of fused-ring (bicyclic) bond motifs is 3. The molecule has 1 aromatic carbocycles. The molecule has 0 spiro atoms. The number of nitrogens with zero attached hydrogens (tertiary/aromatic N) is 1. The van der Waals surface area contributed by atoms with Gasteiger partial charge in [-0.1, -0.05) is 6.07 Å². The zero-order valence-electron chi connectivity index (χ0n) is 10.9. The van der Waals surface area contributed by atoms with Crippen LogP contribution in [-0.2, 0) is 4.79 Å². The van der Waals surface area contributed by atoms with E-state index in [0.717, 1.165) is 5.56 Å². The fourth-order valence-electron chi connectivity index (χ4n) is 2.67. The number of thioether (sulfide) groups is 1. The molecule has 0 bridgehead atoms. The monoisotopic (exact) mass is 294 g/mol. The van der Waals surface area contributed by atoms with Gasteiger partial charge in [0.25, 0.3) is 5.91 Å². The van der Waals surface area contributed by atoms with E-state index in [9.17, 15) is 14.7 Å². The second-order valence-corrected chi connectivity index (χ2v) is 5.61. The van der Waals surface area contributed by atoms with Crippen LogP contribution in [0.25, 0.3) is 0 Å². The zero-order chi connectivity index (χ0) is 14.4. The molecule has 0 N–H and O–H groups in total. The minimum absolute atomic E-state index is 0.291. The Labute approximate surface area is 119 Å². The van der Waals surface area contributed by atoms with Gasteiger partial charge in [-0.15, -0.1) is 11.8 Å². The van der Waals surface area contributed by atoms with Crippen molar-refractivity contribution in [3.63, 3.8) is 0 Å². The van der Waals surface area contributed by atoms with Crippen molar-refractivity contribution in [3.8, 4) is 11.5 Å². The summed E-state index contributed by atoms with van der Waals surface area (Å²) < 4.78 is 10.4. The molecule has 0 aromatic heterocycles. The first-order chi connectivity index (χ1) is 9.60. The van der Waals surface area contributed by atoms with Crippen molar-refractivity contribution in [2.75, 3.05) is 20.0 Å². The van der Waals surface area contributed by atoms with Gasteiger partial charge in [-0.05, 0) is 6.07 Å². The van der Waals surface area contributed by atoms with E-state index in [1.807, 2.05) is 0 Å². The van der Waals surface area contributed by atoms with E-state index in [2.05, 4.69) is 0 Å². The van der Waals surface area contributed by atoms with Crippen molar-refractivity contribution in [1.29, 1.82) is 0 Å². The normalized spacial score (nSPS) is 23.5. The molecule has 3 rings (SSSR count). The smallest absolute Gasteiger partial charge is 0.259 e. The van der Waals surface area contributed by atoms with Crippen molar-refractivity contribution in [2.45, 2.75) is 11.4 Å². The number of aliphatic carboxylic acids is 1. The molecule has 0 unspecified atom stereocenters. The Hall–Kier alpha value is -1.89. The number of carbonyl (C=O) groups is 2. The number of carbonyl (C=O) groups excluding carboxylic acids is 2. The van der Waals surface area contributed by atoms with Gasteiger partial charge < -0.3 is 24.3 Å². The van der Waals surface area contributed by atoms with E-state index in [4.69, 9.17) is 9.47 Å². The molecule has 20 heavy (non-hydrogen) atoms. The van der Waals surface area contributed by atoms with E-state index in [1.54, 1.807) is 12.1 Å². The summed E-state index contributed by atoms with van der Waals surface area (Å²) in [4.78, 5) is 25.0.